The number of nitro benzene ring substituents is 1. The third kappa shape index (κ3) is 3.75. The van der Waals surface area contributed by atoms with Crippen molar-refractivity contribution in [2.45, 2.75) is 37.5 Å². The van der Waals surface area contributed by atoms with Crippen molar-refractivity contribution >= 4 is 45.7 Å². The second-order valence-corrected chi connectivity index (χ2v) is 7.28. The minimum Gasteiger partial charge on any atom is -0.381 e. The monoisotopic (exact) mass is 392 g/mol. The summed E-state index contributed by atoms with van der Waals surface area (Å²) in [5.41, 5.74) is 1.17. The summed E-state index contributed by atoms with van der Waals surface area (Å²) < 4.78 is 0.685. The summed E-state index contributed by atoms with van der Waals surface area (Å²) in [5.74, 6) is 1.14. The van der Waals surface area contributed by atoms with E-state index in [1.54, 1.807) is 6.07 Å². The van der Waals surface area contributed by atoms with Gasteiger partial charge in [-0.25, -0.2) is 0 Å². The van der Waals surface area contributed by atoms with Gasteiger partial charge in [0, 0.05) is 23.0 Å². The molecule has 0 heterocycles. The summed E-state index contributed by atoms with van der Waals surface area (Å²) in [6, 6.07) is 5.75. The molecular weight excluding hydrogens is 375 g/mol. The van der Waals surface area contributed by atoms with Gasteiger partial charge in [-0.1, -0.05) is 13.3 Å². The molecule has 4 nitrogen and oxygen atoms in total. The Morgan fingerprint density at radius 2 is 2.32 bits per heavy atom. The van der Waals surface area contributed by atoms with E-state index in [9.17, 15) is 10.1 Å². The number of rotatable bonds is 5. The van der Waals surface area contributed by atoms with Crippen molar-refractivity contribution in [3.05, 3.63) is 31.9 Å². The van der Waals surface area contributed by atoms with Crippen LogP contribution in [0.5, 0.6) is 0 Å². The Labute approximate surface area is 131 Å². The molecule has 104 valence electrons. The summed E-state index contributed by atoms with van der Waals surface area (Å²) in [6.07, 6.45) is 3.71. The second kappa shape index (κ2) is 6.78. The highest BCUT2D eigenvalue weighted by molar-refractivity contribution is 14.1. The van der Waals surface area contributed by atoms with Gasteiger partial charge in [0.15, 0.2) is 0 Å². The van der Waals surface area contributed by atoms with Crippen LogP contribution in [0.3, 0.4) is 0 Å². The quantitative estimate of drug-likeness (QED) is 0.462. The van der Waals surface area contributed by atoms with Gasteiger partial charge in [-0.3, -0.25) is 10.1 Å². The van der Waals surface area contributed by atoms with Gasteiger partial charge in [-0.2, -0.15) is 11.8 Å². The Morgan fingerprint density at radius 3 is 2.95 bits per heavy atom. The zero-order valence-corrected chi connectivity index (χ0v) is 13.7. The molecule has 6 heteroatoms. The highest BCUT2D eigenvalue weighted by Gasteiger charge is 2.27. The Balaban J connectivity index is 2.07. The molecule has 2 atom stereocenters. The predicted octanol–water partition coefficient (Wildman–Crippen LogP) is 4.29. The van der Waals surface area contributed by atoms with Crippen molar-refractivity contribution in [2.75, 3.05) is 11.1 Å². The molecule has 0 aromatic heterocycles. The number of halogens is 1. The molecule has 0 aliphatic heterocycles. The number of nitro groups is 1. The summed E-state index contributed by atoms with van der Waals surface area (Å²) in [4.78, 5) is 10.5. The van der Waals surface area contributed by atoms with Crippen LogP contribution in [0, 0.1) is 13.7 Å². The Bertz CT molecular complexity index is 470. The maximum atomic E-state index is 10.8. The third-order valence-electron chi connectivity index (χ3n) is 3.33. The Hall–Kier alpha value is -0.500. The zero-order chi connectivity index (χ0) is 13.8. The minimum absolute atomic E-state index is 0.178. The van der Waals surface area contributed by atoms with Gasteiger partial charge >= 0.3 is 0 Å². The summed E-state index contributed by atoms with van der Waals surface area (Å²) in [7, 11) is 0. The molecule has 1 aromatic rings. The molecule has 1 N–H and O–H groups in total. The number of nitrogens with zero attached hydrogens (tertiary/aromatic N) is 1. The summed E-state index contributed by atoms with van der Waals surface area (Å²) in [6.45, 7) is 2.19. The first kappa shape index (κ1) is 14.9. The van der Waals surface area contributed by atoms with Gasteiger partial charge in [0.25, 0.3) is 5.69 Å². The molecule has 2 unspecified atom stereocenters. The average molecular weight is 392 g/mol. The Kier molecular flexibility index (Phi) is 5.32. The number of thioether (sulfide) groups is 1. The SMILES string of the molecule is CCSC1CCCC1Nc1ccc([N+](=O)[O-])c(I)c1. The van der Waals surface area contributed by atoms with E-state index in [2.05, 4.69) is 12.2 Å². The largest absolute Gasteiger partial charge is 0.381 e. The molecule has 1 fully saturated rings. The van der Waals surface area contributed by atoms with Crippen LogP contribution in [0.25, 0.3) is 0 Å². The first-order valence-corrected chi connectivity index (χ1v) is 8.56. The van der Waals surface area contributed by atoms with Crippen molar-refractivity contribution < 1.29 is 4.92 Å². The maximum absolute atomic E-state index is 10.8. The average Bonchev–Trinajstić information content (AvgIpc) is 2.77. The van der Waals surface area contributed by atoms with Crippen molar-refractivity contribution in [1.82, 2.24) is 0 Å². The van der Waals surface area contributed by atoms with Crippen molar-refractivity contribution in [3.8, 4) is 0 Å². The molecule has 1 aliphatic carbocycles. The molecule has 0 saturated heterocycles. The fourth-order valence-corrected chi connectivity index (χ4v) is 4.37. The van der Waals surface area contributed by atoms with Crippen LogP contribution < -0.4 is 5.32 Å². The third-order valence-corrected chi connectivity index (χ3v) is 5.52. The lowest BCUT2D eigenvalue weighted by atomic mass is 10.2. The lowest BCUT2D eigenvalue weighted by Crippen LogP contribution is -2.26. The summed E-state index contributed by atoms with van der Waals surface area (Å²) >= 11 is 4.03. The van der Waals surface area contributed by atoms with E-state index in [4.69, 9.17) is 0 Å². The van der Waals surface area contributed by atoms with Gasteiger partial charge in [-0.05, 0) is 53.3 Å². The van der Waals surface area contributed by atoms with Crippen molar-refractivity contribution in [3.63, 3.8) is 0 Å². The number of anilines is 1. The van der Waals surface area contributed by atoms with Gasteiger partial charge in [0.05, 0.1) is 8.49 Å². The lowest BCUT2D eigenvalue weighted by molar-refractivity contribution is -0.385. The number of hydrogen-bond donors (Lipinski definition) is 1. The lowest BCUT2D eigenvalue weighted by Gasteiger charge is -2.21. The summed E-state index contributed by atoms with van der Waals surface area (Å²) in [5, 5.41) is 15.0. The van der Waals surface area contributed by atoms with Crippen LogP contribution in [0.4, 0.5) is 11.4 Å². The molecule has 0 radical (unpaired) electrons. The second-order valence-electron chi connectivity index (χ2n) is 4.60. The normalized spacial score (nSPS) is 22.4. The van der Waals surface area contributed by atoms with Gasteiger partial charge in [-0.15, -0.1) is 0 Å². The van der Waals surface area contributed by atoms with E-state index in [-0.39, 0.29) is 10.6 Å². The molecule has 19 heavy (non-hydrogen) atoms. The maximum Gasteiger partial charge on any atom is 0.282 e. The number of nitrogens with one attached hydrogen (secondary N) is 1. The van der Waals surface area contributed by atoms with E-state index in [0.717, 1.165) is 11.4 Å². The smallest absolute Gasteiger partial charge is 0.282 e. The van der Waals surface area contributed by atoms with E-state index in [1.165, 1.54) is 19.3 Å². The van der Waals surface area contributed by atoms with Gasteiger partial charge < -0.3 is 5.32 Å². The first-order chi connectivity index (χ1) is 9.11. The number of benzene rings is 1. The molecule has 1 aromatic carbocycles. The molecule has 0 bridgehead atoms. The van der Waals surface area contributed by atoms with Crippen molar-refractivity contribution in [2.24, 2.45) is 0 Å². The zero-order valence-electron chi connectivity index (χ0n) is 10.8. The fraction of sp³-hybridized carbons (Fsp3) is 0.538. The number of hydrogen-bond acceptors (Lipinski definition) is 4. The van der Waals surface area contributed by atoms with Crippen molar-refractivity contribution in [1.29, 1.82) is 0 Å². The van der Waals surface area contributed by atoms with Gasteiger partial charge in [0.1, 0.15) is 0 Å². The highest BCUT2D eigenvalue weighted by Crippen LogP contribution is 2.33. The fourth-order valence-electron chi connectivity index (χ4n) is 2.46. The van der Waals surface area contributed by atoms with Crippen LogP contribution in [0.2, 0.25) is 0 Å². The van der Waals surface area contributed by atoms with Crippen LogP contribution >= 0.6 is 34.4 Å². The molecular formula is C13H17IN2O2S. The van der Waals surface area contributed by atoms with E-state index < -0.39 is 0 Å². The van der Waals surface area contributed by atoms with Crippen LogP contribution in [0.1, 0.15) is 26.2 Å². The standard InChI is InChI=1S/C13H17IN2O2S/c1-2-19-13-5-3-4-11(13)15-9-6-7-12(16(17)18)10(14)8-9/h6-8,11,13,15H,2-5H2,1H3. The highest BCUT2D eigenvalue weighted by atomic mass is 127. The predicted molar refractivity (Wildman–Crippen MR) is 89.0 cm³/mol. The van der Waals surface area contributed by atoms with Gasteiger partial charge in [0.2, 0.25) is 0 Å². The van der Waals surface area contributed by atoms with E-state index in [0.29, 0.717) is 14.9 Å². The van der Waals surface area contributed by atoms with Crippen LogP contribution in [-0.2, 0) is 0 Å². The van der Waals surface area contributed by atoms with Crippen LogP contribution in [0.15, 0.2) is 18.2 Å². The van der Waals surface area contributed by atoms with E-state index >= 15 is 0 Å². The molecule has 2 rings (SSSR count). The van der Waals surface area contributed by atoms with Crippen LogP contribution in [-0.4, -0.2) is 22.0 Å². The van der Waals surface area contributed by atoms with E-state index in [1.807, 2.05) is 46.5 Å². The molecule has 0 spiro atoms. The topological polar surface area (TPSA) is 55.2 Å². The molecule has 1 aliphatic rings. The molecule has 0 amide bonds. The Morgan fingerprint density at radius 1 is 1.53 bits per heavy atom. The first-order valence-electron chi connectivity index (χ1n) is 6.44. The minimum atomic E-state index is -0.336. The molecule has 1 saturated carbocycles.